The Labute approximate surface area is 127 Å². The van der Waals surface area contributed by atoms with Gasteiger partial charge in [0.05, 0.1) is 25.7 Å². The SMILES string of the molecule is CCOC(=O)C(c1ccc(OCC)c(OCC)c1)C(C)C. The predicted molar refractivity (Wildman–Crippen MR) is 83.0 cm³/mol. The smallest absolute Gasteiger partial charge is 0.313 e. The first-order valence-corrected chi connectivity index (χ1v) is 7.61. The summed E-state index contributed by atoms with van der Waals surface area (Å²) in [6, 6.07) is 5.66. The first-order valence-electron chi connectivity index (χ1n) is 7.61. The Balaban J connectivity index is 3.14. The number of carbonyl (C=O) groups is 1. The fraction of sp³-hybridized carbons (Fsp3) is 0.588. The van der Waals surface area contributed by atoms with Gasteiger partial charge in [-0.3, -0.25) is 4.79 Å². The van der Waals surface area contributed by atoms with Gasteiger partial charge < -0.3 is 14.2 Å². The highest BCUT2D eigenvalue weighted by molar-refractivity contribution is 5.78. The molecule has 4 nitrogen and oxygen atoms in total. The number of ether oxygens (including phenoxy) is 3. The molecule has 0 bridgehead atoms. The summed E-state index contributed by atoms with van der Waals surface area (Å²) in [7, 11) is 0. The van der Waals surface area contributed by atoms with Crippen molar-refractivity contribution in [2.45, 2.75) is 40.5 Å². The van der Waals surface area contributed by atoms with Crippen molar-refractivity contribution < 1.29 is 19.0 Å². The lowest BCUT2D eigenvalue weighted by Crippen LogP contribution is -2.21. The van der Waals surface area contributed by atoms with E-state index in [9.17, 15) is 4.79 Å². The molecule has 0 aliphatic carbocycles. The van der Waals surface area contributed by atoms with Gasteiger partial charge in [0.25, 0.3) is 0 Å². The molecule has 0 aromatic heterocycles. The Hall–Kier alpha value is -1.71. The van der Waals surface area contributed by atoms with E-state index in [4.69, 9.17) is 14.2 Å². The highest BCUT2D eigenvalue weighted by Gasteiger charge is 2.26. The van der Waals surface area contributed by atoms with E-state index in [1.165, 1.54) is 0 Å². The third-order valence-electron chi connectivity index (χ3n) is 3.13. The zero-order valence-corrected chi connectivity index (χ0v) is 13.6. The highest BCUT2D eigenvalue weighted by atomic mass is 16.5. The van der Waals surface area contributed by atoms with Gasteiger partial charge in [-0.25, -0.2) is 0 Å². The van der Waals surface area contributed by atoms with Gasteiger partial charge in [-0.15, -0.1) is 0 Å². The summed E-state index contributed by atoms with van der Waals surface area (Å²) >= 11 is 0. The van der Waals surface area contributed by atoms with Crippen LogP contribution in [0.15, 0.2) is 18.2 Å². The van der Waals surface area contributed by atoms with Crippen molar-refractivity contribution in [2.24, 2.45) is 5.92 Å². The number of carbonyl (C=O) groups excluding carboxylic acids is 1. The maximum atomic E-state index is 12.2. The van der Waals surface area contributed by atoms with Crippen molar-refractivity contribution in [1.82, 2.24) is 0 Å². The van der Waals surface area contributed by atoms with Crippen LogP contribution in [0.5, 0.6) is 11.5 Å². The summed E-state index contributed by atoms with van der Waals surface area (Å²) in [5, 5.41) is 0. The number of benzene rings is 1. The van der Waals surface area contributed by atoms with Gasteiger partial charge in [-0.1, -0.05) is 19.9 Å². The number of hydrogen-bond donors (Lipinski definition) is 0. The largest absolute Gasteiger partial charge is 0.490 e. The van der Waals surface area contributed by atoms with Crippen LogP contribution in [0, 0.1) is 5.92 Å². The van der Waals surface area contributed by atoms with Crippen molar-refractivity contribution in [2.75, 3.05) is 19.8 Å². The highest BCUT2D eigenvalue weighted by Crippen LogP contribution is 2.34. The summed E-state index contributed by atoms with van der Waals surface area (Å²) in [6.45, 7) is 11.2. The first-order chi connectivity index (χ1) is 10.0. The standard InChI is InChI=1S/C17H26O4/c1-6-19-14-10-9-13(11-15(14)20-7-2)16(12(4)5)17(18)21-8-3/h9-12,16H,6-8H2,1-5H3. The molecule has 0 N–H and O–H groups in total. The fourth-order valence-electron chi connectivity index (χ4n) is 2.29. The van der Waals surface area contributed by atoms with Gasteiger partial charge in [0, 0.05) is 0 Å². The van der Waals surface area contributed by atoms with E-state index in [1.54, 1.807) is 0 Å². The van der Waals surface area contributed by atoms with Crippen molar-refractivity contribution in [3.8, 4) is 11.5 Å². The lowest BCUT2D eigenvalue weighted by molar-refractivity contribution is -0.146. The lowest BCUT2D eigenvalue weighted by Gasteiger charge is -2.21. The maximum Gasteiger partial charge on any atom is 0.313 e. The molecule has 0 spiro atoms. The number of rotatable bonds is 8. The van der Waals surface area contributed by atoms with Crippen LogP contribution in [-0.4, -0.2) is 25.8 Å². The predicted octanol–water partition coefficient (Wildman–Crippen LogP) is 3.79. The van der Waals surface area contributed by atoms with Crippen molar-refractivity contribution >= 4 is 5.97 Å². The number of hydrogen-bond acceptors (Lipinski definition) is 4. The molecule has 0 saturated carbocycles. The van der Waals surface area contributed by atoms with Crippen LogP contribution in [-0.2, 0) is 9.53 Å². The zero-order valence-electron chi connectivity index (χ0n) is 13.6. The molecule has 1 aromatic rings. The third kappa shape index (κ3) is 4.66. The Morgan fingerprint density at radius 1 is 1.00 bits per heavy atom. The second-order valence-electron chi connectivity index (χ2n) is 5.05. The molecule has 4 heteroatoms. The van der Waals surface area contributed by atoms with E-state index in [2.05, 4.69) is 0 Å². The molecular weight excluding hydrogens is 268 g/mol. The van der Waals surface area contributed by atoms with E-state index in [1.807, 2.05) is 52.8 Å². The van der Waals surface area contributed by atoms with Crippen molar-refractivity contribution in [3.05, 3.63) is 23.8 Å². The summed E-state index contributed by atoms with van der Waals surface area (Å²) in [4.78, 5) is 12.2. The maximum absolute atomic E-state index is 12.2. The summed E-state index contributed by atoms with van der Waals surface area (Å²) in [5.74, 6) is 1.04. The minimum atomic E-state index is -0.292. The third-order valence-corrected chi connectivity index (χ3v) is 3.13. The molecule has 1 atom stereocenters. The van der Waals surface area contributed by atoms with Crippen LogP contribution in [0.4, 0.5) is 0 Å². The first kappa shape index (κ1) is 17.3. The Morgan fingerprint density at radius 3 is 2.14 bits per heavy atom. The molecule has 0 heterocycles. The van der Waals surface area contributed by atoms with E-state index in [-0.39, 0.29) is 17.8 Å². The molecule has 0 aliphatic rings. The van der Waals surface area contributed by atoms with Crippen molar-refractivity contribution in [1.29, 1.82) is 0 Å². The second kappa shape index (κ2) is 8.55. The van der Waals surface area contributed by atoms with Crippen LogP contribution in [0.25, 0.3) is 0 Å². The minimum absolute atomic E-state index is 0.150. The minimum Gasteiger partial charge on any atom is -0.490 e. The summed E-state index contributed by atoms with van der Waals surface area (Å²) in [5.41, 5.74) is 0.898. The monoisotopic (exact) mass is 294 g/mol. The van der Waals surface area contributed by atoms with Crippen LogP contribution < -0.4 is 9.47 Å². The van der Waals surface area contributed by atoms with Crippen LogP contribution >= 0.6 is 0 Å². The Kier molecular flexibility index (Phi) is 7.06. The van der Waals surface area contributed by atoms with Crippen LogP contribution in [0.3, 0.4) is 0 Å². The summed E-state index contributed by atoms with van der Waals surface area (Å²) < 4.78 is 16.4. The fourth-order valence-corrected chi connectivity index (χ4v) is 2.29. The molecule has 1 rings (SSSR count). The molecular formula is C17H26O4. The molecule has 118 valence electrons. The molecule has 0 amide bonds. The average Bonchev–Trinajstić information content (AvgIpc) is 2.42. The topological polar surface area (TPSA) is 44.8 Å². The zero-order chi connectivity index (χ0) is 15.8. The lowest BCUT2D eigenvalue weighted by atomic mass is 9.88. The van der Waals surface area contributed by atoms with Crippen molar-refractivity contribution in [3.63, 3.8) is 0 Å². The average molecular weight is 294 g/mol. The van der Waals surface area contributed by atoms with Gasteiger partial charge in [0.1, 0.15) is 0 Å². The van der Waals surface area contributed by atoms with E-state index in [0.717, 1.165) is 5.56 Å². The Bertz CT molecular complexity index is 454. The van der Waals surface area contributed by atoms with E-state index >= 15 is 0 Å². The van der Waals surface area contributed by atoms with Crippen LogP contribution in [0.1, 0.15) is 46.1 Å². The molecule has 21 heavy (non-hydrogen) atoms. The van der Waals surface area contributed by atoms with Gasteiger partial charge in [-0.05, 0) is 44.4 Å². The Morgan fingerprint density at radius 2 is 1.62 bits per heavy atom. The molecule has 1 aromatic carbocycles. The van der Waals surface area contributed by atoms with Gasteiger partial charge in [0.2, 0.25) is 0 Å². The second-order valence-corrected chi connectivity index (χ2v) is 5.05. The van der Waals surface area contributed by atoms with Crippen LogP contribution in [0.2, 0.25) is 0 Å². The molecule has 0 saturated heterocycles. The summed E-state index contributed by atoms with van der Waals surface area (Å²) in [6.07, 6.45) is 0. The number of esters is 1. The van der Waals surface area contributed by atoms with E-state index in [0.29, 0.717) is 31.3 Å². The quantitative estimate of drug-likeness (QED) is 0.684. The molecule has 0 radical (unpaired) electrons. The van der Waals surface area contributed by atoms with Gasteiger partial charge in [0.15, 0.2) is 11.5 Å². The van der Waals surface area contributed by atoms with E-state index < -0.39 is 0 Å². The normalized spacial score (nSPS) is 12.1. The van der Waals surface area contributed by atoms with Gasteiger partial charge in [-0.2, -0.15) is 0 Å². The molecule has 0 aliphatic heterocycles. The van der Waals surface area contributed by atoms with Gasteiger partial charge >= 0.3 is 5.97 Å². The molecule has 0 fully saturated rings. The molecule has 1 unspecified atom stereocenters.